The molecule has 78 valence electrons. The van der Waals surface area contributed by atoms with Crippen molar-refractivity contribution in [3.8, 4) is 0 Å². The molecule has 4 heteroatoms. The Morgan fingerprint density at radius 3 is 3.00 bits per heavy atom. The first-order chi connectivity index (χ1) is 7.45. The molecule has 0 saturated carbocycles. The van der Waals surface area contributed by atoms with E-state index in [1.165, 1.54) is 18.5 Å². The summed E-state index contributed by atoms with van der Waals surface area (Å²) in [5.74, 6) is 0.589. The number of piperidine rings is 1. The summed E-state index contributed by atoms with van der Waals surface area (Å²) in [5.41, 5.74) is 3.24. The second-order valence-electron chi connectivity index (χ2n) is 4.03. The smallest absolute Gasteiger partial charge is 0.111 e. The third-order valence-corrected chi connectivity index (χ3v) is 3.09. The van der Waals surface area contributed by atoms with Gasteiger partial charge in [0.1, 0.15) is 11.0 Å². The van der Waals surface area contributed by atoms with Crippen LogP contribution in [-0.4, -0.2) is 28.3 Å². The number of nitrogens with one attached hydrogen (secondary N) is 2. The first-order valence-corrected chi connectivity index (χ1v) is 5.45. The molecule has 1 saturated heterocycles. The van der Waals surface area contributed by atoms with Crippen molar-refractivity contribution in [3.63, 3.8) is 0 Å². The SMILES string of the molecule is c1cnc2c(C3CCNCC3)[nH]nc2c1. The van der Waals surface area contributed by atoms with E-state index >= 15 is 0 Å². The van der Waals surface area contributed by atoms with Crippen LogP contribution in [0.15, 0.2) is 18.3 Å². The summed E-state index contributed by atoms with van der Waals surface area (Å²) < 4.78 is 0. The summed E-state index contributed by atoms with van der Waals surface area (Å²) in [4.78, 5) is 4.40. The van der Waals surface area contributed by atoms with E-state index in [1.807, 2.05) is 18.3 Å². The molecule has 2 N–H and O–H groups in total. The third kappa shape index (κ3) is 1.51. The molecule has 0 aromatic carbocycles. The lowest BCUT2D eigenvalue weighted by Gasteiger charge is -2.21. The molecule has 0 bridgehead atoms. The highest BCUT2D eigenvalue weighted by Gasteiger charge is 2.19. The zero-order valence-corrected chi connectivity index (χ0v) is 8.53. The van der Waals surface area contributed by atoms with Gasteiger partial charge in [-0.25, -0.2) is 0 Å². The Morgan fingerprint density at radius 1 is 1.27 bits per heavy atom. The maximum Gasteiger partial charge on any atom is 0.111 e. The quantitative estimate of drug-likeness (QED) is 0.735. The Kier molecular flexibility index (Phi) is 2.14. The van der Waals surface area contributed by atoms with Gasteiger partial charge in [-0.2, -0.15) is 5.10 Å². The van der Waals surface area contributed by atoms with Crippen LogP contribution < -0.4 is 5.32 Å². The first kappa shape index (κ1) is 8.85. The monoisotopic (exact) mass is 202 g/mol. The lowest BCUT2D eigenvalue weighted by molar-refractivity contribution is 0.454. The van der Waals surface area contributed by atoms with Crippen LogP contribution >= 0.6 is 0 Å². The normalized spacial score (nSPS) is 18.4. The van der Waals surface area contributed by atoms with Gasteiger partial charge in [0, 0.05) is 12.1 Å². The van der Waals surface area contributed by atoms with Crippen LogP contribution in [0, 0.1) is 0 Å². The summed E-state index contributed by atoms with van der Waals surface area (Å²) in [6, 6.07) is 3.93. The number of fused-ring (bicyclic) bond motifs is 1. The van der Waals surface area contributed by atoms with Crippen LogP contribution in [0.1, 0.15) is 24.5 Å². The predicted octanol–water partition coefficient (Wildman–Crippen LogP) is 1.42. The molecule has 0 atom stereocenters. The van der Waals surface area contributed by atoms with Crippen molar-refractivity contribution in [1.82, 2.24) is 20.5 Å². The van der Waals surface area contributed by atoms with Crippen LogP contribution in [0.3, 0.4) is 0 Å². The van der Waals surface area contributed by atoms with E-state index in [0.29, 0.717) is 5.92 Å². The highest BCUT2D eigenvalue weighted by molar-refractivity contribution is 5.76. The van der Waals surface area contributed by atoms with Gasteiger partial charge in [-0.3, -0.25) is 10.1 Å². The molecule has 0 unspecified atom stereocenters. The van der Waals surface area contributed by atoms with Gasteiger partial charge in [0.15, 0.2) is 0 Å². The molecule has 2 aromatic rings. The van der Waals surface area contributed by atoms with E-state index in [2.05, 4.69) is 20.5 Å². The fourth-order valence-corrected chi connectivity index (χ4v) is 2.26. The summed E-state index contributed by atoms with van der Waals surface area (Å²) in [6.07, 6.45) is 4.18. The lowest BCUT2D eigenvalue weighted by Crippen LogP contribution is -2.26. The molecule has 3 heterocycles. The predicted molar refractivity (Wildman–Crippen MR) is 58.7 cm³/mol. The molecule has 1 aliphatic rings. The first-order valence-electron chi connectivity index (χ1n) is 5.45. The number of pyridine rings is 1. The van der Waals surface area contributed by atoms with Gasteiger partial charge in [-0.1, -0.05) is 0 Å². The van der Waals surface area contributed by atoms with Gasteiger partial charge in [0.05, 0.1) is 5.69 Å². The Bertz CT molecular complexity index is 456. The minimum Gasteiger partial charge on any atom is -0.317 e. The van der Waals surface area contributed by atoms with E-state index in [-0.39, 0.29) is 0 Å². The van der Waals surface area contributed by atoms with Crippen molar-refractivity contribution in [2.45, 2.75) is 18.8 Å². The second kappa shape index (κ2) is 3.62. The molecule has 0 amide bonds. The minimum absolute atomic E-state index is 0.589. The summed E-state index contributed by atoms with van der Waals surface area (Å²) in [7, 11) is 0. The maximum atomic E-state index is 4.40. The number of H-pyrrole nitrogens is 1. The van der Waals surface area contributed by atoms with Gasteiger partial charge in [-0.05, 0) is 38.1 Å². The van der Waals surface area contributed by atoms with Crippen LogP contribution in [0.4, 0.5) is 0 Å². The second-order valence-corrected chi connectivity index (χ2v) is 4.03. The van der Waals surface area contributed by atoms with Gasteiger partial charge in [0.2, 0.25) is 0 Å². The zero-order valence-electron chi connectivity index (χ0n) is 8.53. The number of aromatic amines is 1. The Balaban J connectivity index is 2.02. The van der Waals surface area contributed by atoms with Gasteiger partial charge >= 0.3 is 0 Å². The average molecular weight is 202 g/mol. The Hall–Kier alpha value is -1.42. The average Bonchev–Trinajstić information content (AvgIpc) is 2.74. The fraction of sp³-hybridized carbons (Fsp3) is 0.455. The number of rotatable bonds is 1. The van der Waals surface area contributed by atoms with E-state index in [9.17, 15) is 0 Å². The molecular formula is C11H14N4. The van der Waals surface area contributed by atoms with E-state index < -0.39 is 0 Å². The van der Waals surface area contributed by atoms with Crippen molar-refractivity contribution >= 4 is 11.0 Å². The maximum absolute atomic E-state index is 4.40. The summed E-state index contributed by atoms with van der Waals surface area (Å²) >= 11 is 0. The van der Waals surface area contributed by atoms with Crippen molar-refractivity contribution in [1.29, 1.82) is 0 Å². The van der Waals surface area contributed by atoms with Crippen LogP contribution in [-0.2, 0) is 0 Å². The minimum atomic E-state index is 0.589. The zero-order chi connectivity index (χ0) is 10.1. The third-order valence-electron chi connectivity index (χ3n) is 3.09. The Morgan fingerprint density at radius 2 is 2.13 bits per heavy atom. The molecular weight excluding hydrogens is 188 g/mol. The van der Waals surface area contributed by atoms with Crippen molar-refractivity contribution in [2.24, 2.45) is 0 Å². The molecule has 1 fully saturated rings. The van der Waals surface area contributed by atoms with E-state index in [4.69, 9.17) is 0 Å². The fourth-order valence-electron chi connectivity index (χ4n) is 2.26. The van der Waals surface area contributed by atoms with Crippen molar-refractivity contribution < 1.29 is 0 Å². The van der Waals surface area contributed by atoms with Gasteiger partial charge in [0.25, 0.3) is 0 Å². The molecule has 0 aliphatic carbocycles. The summed E-state index contributed by atoms with van der Waals surface area (Å²) in [6.45, 7) is 2.19. The molecule has 3 rings (SSSR count). The van der Waals surface area contributed by atoms with Crippen LogP contribution in [0.25, 0.3) is 11.0 Å². The lowest BCUT2D eigenvalue weighted by atomic mass is 9.94. The highest BCUT2D eigenvalue weighted by atomic mass is 15.1. The number of hydrogen-bond donors (Lipinski definition) is 2. The van der Waals surface area contributed by atoms with E-state index in [0.717, 1.165) is 24.1 Å². The highest BCUT2D eigenvalue weighted by Crippen LogP contribution is 2.27. The van der Waals surface area contributed by atoms with Crippen molar-refractivity contribution in [3.05, 3.63) is 24.0 Å². The molecule has 1 aliphatic heterocycles. The molecule has 0 radical (unpaired) electrons. The molecule has 0 spiro atoms. The molecule has 4 nitrogen and oxygen atoms in total. The number of hydrogen-bond acceptors (Lipinski definition) is 3. The Labute approximate surface area is 88.1 Å². The number of nitrogens with zero attached hydrogens (tertiary/aromatic N) is 2. The van der Waals surface area contributed by atoms with E-state index in [1.54, 1.807) is 0 Å². The van der Waals surface area contributed by atoms with Crippen LogP contribution in [0.5, 0.6) is 0 Å². The van der Waals surface area contributed by atoms with Crippen molar-refractivity contribution in [2.75, 3.05) is 13.1 Å². The summed E-state index contributed by atoms with van der Waals surface area (Å²) in [5, 5.41) is 10.8. The standard InChI is InChI=1S/C11H14N4/c1-2-9-11(13-5-1)10(15-14-9)8-3-6-12-7-4-8/h1-2,5,8,12H,3-4,6-7H2,(H,14,15). The number of aromatic nitrogens is 3. The largest absolute Gasteiger partial charge is 0.317 e. The molecule has 15 heavy (non-hydrogen) atoms. The van der Waals surface area contributed by atoms with Gasteiger partial charge in [-0.15, -0.1) is 0 Å². The van der Waals surface area contributed by atoms with Crippen LogP contribution in [0.2, 0.25) is 0 Å². The topological polar surface area (TPSA) is 53.6 Å². The molecule has 2 aromatic heterocycles. The van der Waals surface area contributed by atoms with Gasteiger partial charge < -0.3 is 5.32 Å².